The van der Waals surface area contributed by atoms with Gasteiger partial charge in [-0.1, -0.05) is 124 Å². The van der Waals surface area contributed by atoms with Gasteiger partial charge in [0.15, 0.2) is 12.4 Å². The van der Waals surface area contributed by atoms with Gasteiger partial charge >= 0.3 is 0 Å². The van der Waals surface area contributed by atoms with Crippen molar-refractivity contribution in [2.45, 2.75) is 58.7 Å². The molecule has 0 spiro atoms. The monoisotopic (exact) mass is 640 g/mol. The molecule has 0 radical (unpaired) electrons. The van der Waals surface area contributed by atoms with Crippen LogP contribution in [0, 0.1) is 6.92 Å². The summed E-state index contributed by atoms with van der Waals surface area (Å²) in [7, 11) is -1.61. The number of nitrogens with zero attached hydrogens (tertiary/aromatic N) is 2. The number of hydrogen-bond donors (Lipinski definition) is 0. The molecule has 2 aromatic heterocycles. The Bertz CT molecular complexity index is 2240. The molecule has 3 heteroatoms. The largest absolute Gasteiger partial charge is 0.288 e. The summed E-state index contributed by atoms with van der Waals surface area (Å²) in [5.74, 6) is 0. The van der Waals surface area contributed by atoms with E-state index in [1.165, 1.54) is 78.0 Å². The average Bonchev–Trinajstić information content (AvgIpc) is 3.44. The Hall–Kier alpha value is -4.86. The second-order valence-corrected chi connectivity index (χ2v) is 19.7. The number of rotatable bonds is 5. The van der Waals surface area contributed by atoms with Gasteiger partial charge in [0.2, 0.25) is 11.4 Å². The molecule has 2 nitrogen and oxygen atoms in total. The molecule has 2 aliphatic heterocycles. The van der Waals surface area contributed by atoms with E-state index >= 15 is 0 Å². The molecule has 6 aromatic rings. The zero-order valence-electron chi connectivity index (χ0n) is 29.0. The molecule has 2 aliphatic rings. The first-order valence-corrected chi connectivity index (χ1v) is 21.0. The molecule has 48 heavy (non-hydrogen) atoms. The molecule has 0 atom stereocenters. The van der Waals surface area contributed by atoms with Gasteiger partial charge in [0.05, 0.1) is 30.2 Å². The van der Waals surface area contributed by atoms with Crippen LogP contribution in [0.3, 0.4) is 0 Å². The Morgan fingerprint density at radius 3 is 1.90 bits per heavy atom. The lowest BCUT2D eigenvalue weighted by molar-refractivity contribution is -0.600. The third-order valence-corrected chi connectivity index (χ3v) is 13.0. The van der Waals surface area contributed by atoms with Gasteiger partial charge in [0, 0.05) is 22.9 Å². The molecule has 0 aliphatic carbocycles. The van der Waals surface area contributed by atoms with Crippen LogP contribution in [0.25, 0.3) is 56.2 Å². The zero-order valence-corrected chi connectivity index (χ0v) is 30.0. The van der Waals surface area contributed by atoms with E-state index in [4.69, 9.17) is 0 Å². The third kappa shape index (κ3) is 4.59. The highest BCUT2D eigenvalue weighted by Gasteiger charge is 2.54. The van der Waals surface area contributed by atoms with E-state index in [1.807, 2.05) is 0 Å². The summed E-state index contributed by atoms with van der Waals surface area (Å²) >= 11 is 0. The van der Waals surface area contributed by atoms with Gasteiger partial charge in [-0.2, -0.15) is 9.13 Å². The smallest absolute Gasteiger partial charge is 0.156 e. The SMILES string of the molecule is CCC1(CC)/C(=C2/c3ccc(-c4ccccc4)cc3-c3ccc([Si](C)(C)C)c[n+]32)[n+]2cc(-c3ccccc3)c(C)cc2-c2ccccc21. The fourth-order valence-electron chi connectivity index (χ4n) is 8.25. The maximum absolute atomic E-state index is 2.58. The summed E-state index contributed by atoms with van der Waals surface area (Å²) in [5, 5.41) is 1.47. The van der Waals surface area contributed by atoms with Crippen molar-refractivity contribution >= 4 is 24.7 Å². The molecule has 0 unspecified atom stereocenters. The second kappa shape index (κ2) is 11.4. The molecule has 4 aromatic carbocycles. The van der Waals surface area contributed by atoms with Crippen LogP contribution in [0.5, 0.6) is 0 Å². The van der Waals surface area contributed by atoms with E-state index in [2.05, 4.69) is 183 Å². The van der Waals surface area contributed by atoms with Gasteiger partial charge in [0.25, 0.3) is 11.4 Å². The van der Waals surface area contributed by atoms with Crippen LogP contribution in [-0.2, 0) is 5.41 Å². The van der Waals surface area contributed by atoms with E-state index < -0.39 is 8.07 Å². The highest BCUT2D eigenvalue weighted by Crippen LogP contribution is 2.51. The lowest BCUT2D eigenvalue weighted by Crippen LogP contribution is -2.53. The molecule has 0 saturated heterocycles. The maximum Gasteiger partial charge on any atom is 0.288 e. The predicted octanol–water partition coefficient (Wildman–Crippen LogP) is 10.0. The van der Waals surface area contributed by atoms with E-state index in [-0.39, 0.29) is 5.41 Å². The fourth-order valence-corrected chi connectivity index (χ4v) is 9.35. The molecular formula is C45H44N2Si+2. The first-order chi connectivity index (χ1) is 23.2. The van der Waals surface area contributed by atoms with Crippen LogP contribution < -0.4 is 14.3 Å². The van der Waals surface area contributed by atoms with Crippen LogP contribution in [-0.4, -0.2) is 8.07 Å². The van der Waals surface area contributed by atoms with Crippen molar-refractivity contribution in [3.63, 3.8) is 0 Å². The van der Waals surface area contributed by atoms with Crippen molar-refractivity contribution in [3.8, 4) is 44.8 Å². The summed E-state index contributed by atoms with van der Waals surface area (Å²) in [6.45, 7) is 14.4. The van der Waals surface area contributed by atoms with Crippen molar-refractivity contribution in [1.29, 1.82) is 0 Å². The summed E-state index contributed by atoms with van der Waals surface area (Å²) in [6, 6.07) is 45.2. The maximum atomic E-state index is 2.58. The first-order valence-electron chi connectivity index (χ1n) is 17.5. The molecule has 0 amide bonds. The van der Waals surface area contributed by atoms with Crippen LogP contribution >= 0.6 is 0 Å². The number of hydrogen-bond acceptors (Lipinski definition) is 0. The lowest BCUT2D eigenvalue weighted by Gasteiger charge is -2.36. The van der Waals surface area contributed by atoms with E-state index in [1.54, 1.807) is 0 Å². The van der Waals surface area contributed by atoms with Crippen molar-refractivity contribution in [3.05, 3.63) is 150 Å². The van der Waals surface area contributed by atoms with E-state index in [0.29, 0.717) is 0 Å². The Balaban J connectivity index is 1.54. The Morgan fingerprint density at radius 2 is 1.21 bits per heavy atom. The first kappa shape index (κ1) is 30.5. The van der Waals surface area contributed by atoms with Gasteiger partial charge in [-0.15, -0.1) is 0 Å². The molecule has 4 heterocycles. The van der Waals surface area contributed by atoms with Gasteiger partial charge < -0.3 is 0 Å². The van der Waals surface area contributed by atoms with E-state index in [0.717, 1.165) is 12.8 Å². The molecule has 8 rings (SSSR count). The van der Waals surface area contributed by atoms with Gasteiger partial charge in [-0.25, -0.2) is 0 Å². The van der Waals surface area contributed by atoms with Gasteiger partial charge in [-0.05, 0) is 65.8 Å². The molecule has 0 N–H and O–H groups in total. The number of fused-ring (bicyclic) bond motifs is 6. The van der Waals surface area contributed by atoms with Crippen molar-refractivity contribution in [1.82, 2.24) is 0 Å². The quantitative estimate of drug-likeness (QED) is 0.131. The second-order valence-electron chi connectivity index (χ2n) is 14.6. The fraction of sp³-hybridized carbons (Fsp3) is 0.200. The van der Waals surface area contributed by atoms with Crippen LogP contribution in [0.1, 0.15) is 43.4 Å². The number of aryl methyl sites for hydroxylation is 1. The van der Waals surface area contributed by atoms with E-state index in [9.17, 15) is 0 Å². The molecule has 236 valence electrons. The van der Waals surface area contributed by atoms with Gasteiger partial charge in [-0.3, -0.25) is 0 Å². The minimum atomic E-state index is -1.61. The Kier molecular flexibility index (Phi) is 7.23. The zero-order chi connectivity index (χ0) is 33.2. The topological polar surface area (TPSA) is 7.76 Å². The number of aromatic nitrogens is 2. The molecule has 0 fully saturated rings. The van der Waals surface area contributed by atoms with Crippen molar-refractivity contribution < 1.29 is 9.13 Å². The summed E-state index contributed by atoms with van der Waals surface area (Å²) < 4.78 is 5.15. The summed E-state index contributed by atoms with van der Waals surface area (Å²) in [6.07, 6.45) is 6.93. The van der Waals surface area contributed by atoms with Crippen molar-refractivity contribution in [2.24, 2.45) is 0 Å². The van der Waals surface area contributed by atoms with Crippen LogP contribution in [0.15, 0.2) is 134 Å². The van der Waals surface area contributed by atoms with Gasteiger partial charge in [0.1, 0.15) is 0 Å². The number of allylic oxidation sites excluding steroid dienone is 1. The highest BCUT2D eigenvalue weighted by atomic mass is 28.3. The van der Waals surface area contributed by atoms with Crippen molar-refractivity contribution in [2.75, 3.05) is 0 Å². The average molecular weight is 641 g/mol. The minimum absolute atomic E-state index is 0.189. The highest BCUT2D eigenvalue weighted by molar-refractivity contribution is 6.88. The standard InChI is InChI=1S/C45H44N2Si/c1-7-45(8-2)40-22-16-15-21-37(40)42-27-31(3)39(33-19-13-10-14-20-33)30-47(42)44(45)43-36-25-23-34(32-17-11-9-12-18-32)28-38(36)41-26-24-35(29-46(41)43)48(4,5)6/h9-30H,7-8H2,1-6H3/q+2/b44-43+. The molecular weight excluding hydrogens is 597 g/mol. The minimum Gasteiger partial charge on any atom is -0.156 e. The Morgan fingerprint density at radius 1 is 0.542 bits per heavy atom. The third-order valence-electron chi connectivity index (χ3n) is 10.9. The van der Waals surface area contributed by atoms with Crippen LogP contribution in [0.4, 0.5) is 0 Å². The molecule has 0 saturated carbocycles. The molecule has 0 bridgehead atoms. The normalized spacial score (nSPS) is 15.8. The number of pyridine rings is 2. The summed E-state index contributed by atoms with van der Waals surface area (Å²) in [4.78, 5) is 0. The Labute approximate surface area is 286 Å². The lowest BCUT2D eigenvalue weighted by atomic mass is 9.67. The number of benzene rings is 4. The predicted molar refractivity (Wildman–Crippen MR) is 204 cm³/mol. The van der Waals surface area contributed by atoms with Crippen LogP contribution in [0.2, 0.25) is 19.6 Å². The summed E-state index contributed by atoms with van der Waals surface area (Å²) in [5.41, 5.74) is 16.7.